The minimum atomic E-state index is -0.261. The fraction of sp³-hybridized carbons (Fsp3) is 0. The number of carbonyl (C=O) groups is 1. The molecular formula is C14H10ClN5O. The number of aromatic nitrogens is 4. The van der Waals surface area contributed by atoms with Crippen molar-refractivity contribution in [3.63, 3.8) is 0 Å². The highest BCUT2D eigenvalue weighted by atomic mass is 35.5. The Morgan fingerprint density at radius 2 is 1.95 bits per heavy atom. The molecule has 0 spiro atoms. The van der Waals surface area contributed by atoms with E-state index >= 15 is 0 Å². The number of halogens is 1. The van der Waals surface area contributed by atoms with Gasteiger partial charge in [-0.3, -0.25) is 4.79 Å². The topological polar surface area (TPSA) is 72.7 Å². The number of anilines is 1. The molecule has 3 rings (SSSR count). The van der Waals surface area contributed by atoms with Gasteiger partial charge in [-0.15, -0.1) is 5.10 Å². The average molecular weight is 300 g/mol. The van der Waals surface area contributed by atoms with Crippen LogP contribution in [0.1, 0.15) is 10.4 Å². The third-order valence-corrected chi connectivity index (χ3v) is 3.07. The van der Waals surface area contributed by atoms with Crippen molar-refractivity contribution < 1.29 is 4.79 Å². The lowest BCUT2D eigenvalue weighted by Crippen LogP contribution is -2.15. The van der Waals surface area contributed by atoms with Crippen LogP contribution in [-0.4, -0.2) is 26.1 Å². The van der Waals surface area contributed by atoms with Crippen LogP contribution < -0.4 is 5.32 Å². The van der Waals surface area contributed by atoms with Crippen LogP contribution in [0.5, 0.6) is 0 Å². The summed E-state index contributed by atoms with van der Waals surface area (Å²) in [5.74, 6) is -0.261. The van der Waals surface area contributed by atoms with E-state index in [4.69, 9.17) is 11.6 Å². The quantitative estimate of drug-likeness (QED) is 0.806. The molecule has 0 aliphatic rings. The summed E-state index contributed by atoms with van der Waals surface area (Å²) >= 11 is 5.98. The Hall–Kier alpha value is -2.73. The van der Waals surface area contributed by atoms with Crippen LogP contribution in [0.2, 0.25) is 5.02 Å². The molecule has 3 aromatic rings. The summed E-state index contributed by atoms with van der Waals surface area (Å²) < 4.78 is 1.39. The summed E-state index contributed by atoms with van der Waals surface area (Å²) in [6.45, 7) is 0. The molecule has 1 amide bonds. The zero-order chi connectivity index (χ0) is 14.7. The minimum absolute atomic E-state index is 0.261. The summed E-state index contributed by atoms with van der Waals surface area (Å²) in [6.07, 6.45) is 1.41. The molecule has 1 N–H and O–H groups in total. The van der Waals surface area contributed by atoms with Gasteiger partial charge in [0.1, 0.15) is 6.33 Å². The molecule has 0 unspecified atom stereocenters. The lowest BCUT2D eigenvalue weighted by Gasteiger charge is -2.10. The van der Waals surface area contributed by atoms with Crippen molar-refractivity contribution >= 4 is 23.2 Å². The summed E-state index contributed by atoms with van der Waals surface area (Å²) in [5, 5.41) is 14.2. The zero-order valence-corrected chi connectivity index (χ0v) is 11.5. The van der Waals surface area contributed by atoms with Crippen LogP contribution in [-0.2, 0) is 0 Å². The van der Waals surface area contributed by atoms with Crippen molar-refractivity contribution in [2.24, 2.45) is 0 Å². The molecule has 104 valence electrons. The highest BCUT2D eigenvalue weighted by Gasteiger charge is 2.14. The number of hydrogen-bond acceptors (Lipinski definition) is 4. The molecule has 0 aliphatic carbocycles. The van der Waals surface area contributed by atoms with Crippen molar-refractivity contribution in [3.8, 4) is 5.69 Å². The van der Waals surface area contributed by atoms with E-state index in [0.29, 0.717) is 22.0 Å². The van der Waals surface area contributed by atoms with Crippen LogP contribution in [0.15, 0.2) is 54.9 Å². The van der Waals surface area contributed by atoms with E-state index in [1.807, 2.05) is 30.3 Å². The first-order valence-corrected chi connectivity index (χ1v) is 6.51. The molecule has 6 nitrogen and oxygen atoms in total. The smallest absolute Gasteiger partial charge is 0.257 e. The zero-order valence-electron chi connectivity index (χ0n) is 10.8. The van der Waals surface area contributed by atoms with E-state index in [1.165, 1.54) is 11.0 Å². The molecule has 0 bridgehead atoms. The van der Waals surface area contributed by atoms with Gasteiger partial charge in [0.25, 0.3) is 5.91 Å². The number of amides is 1. The number of tetrazole rings is 1. The van der Waals surface area contributed by atoms with Crippen LogP contribution in [0.3, 0.4) is 0 Å². The van der Waals surface area contributed by atoms with Gasteiger partial charge in [0, 0.05) is 10.7 Å². The minimum Gasteiger partial charge on any atom is -0.322 e. The first-order chi connectivity index (χ1) is 10.2. The standard InChI is InChI=1S/C14H10ClN5O/c15-10-6-7-12(13(8-10)20-9-16-18-19-20)14(21)17-11-4-2-1-3-5-11/h1-9H,(H,17,21). The molecule has 1 aromatic heterocycles. The molecule has 0 saturated heterocycles. The maximum atomic E-state index is 12.4. The van der Waals surface area contributed by atoms with Crippen molar-refractivity contribution in [1.29, 1.82) is 0 Å². The van der Waals surface area contributed by atoms with Crippen molar-refractivity contribution in [1.82, 2.24) is 20.2 Å². The predicted octanol–water partition coefficient (Wildman–Crippen LogP) is 2.57. The Bertz CT molecular complexity index is 758. The molecule has 0 aliphatic heterocycles. The van der Waals surface area contributed by atoms with Crippen molar-refractivity contribution in [2.45, 2.75) is 0 Å². The van der Waals surface area contributed by atoms with Gasteiger partial charge in [0.05, 0.1) is 11.3 Å². The molecule has 7 heteroatoms. The Morgan fingerprint density at radius 3 is 2.67 bits per heavy atom. The van der Waals surface area contributed by atoms with Crippen molar-refractivity contribution in [2.75, 3.05) is 5.32 Å². The summed E-state index contributed by atoms with van der Waals surface area (Å²) in [6, 6.07) is 14.1. The molecule has 21 heavy (non-hydrogen) atoms. The average Bonchev–Trinajstić information content (AvgIpc) is 3.02. The van der Waals surface area contributed by atoms with Crippen LogP contribution in [0.4, 0.5) is 5.69 Å². The maximum absolute atomic E-state index is 12.4. The van der Waals surface area contributed by atoms with E-state index < -0.39 is 0 Å². The van der Waals surface area contributed by atoms with E-state index in [9.17, 15) is 4.79 Å². The second-order valence-electron chi connectivity index (χ2n) is 4.24. The third kappa shape index (κ3) is 2.90. The van der Waals surface area contributed by atoms with Crippen LogP contribution in [0.25, 0.3) is 5.69 Å². The highest BCUT2D eigenvalue weighted by Crippen LogP contribution is 2.20. The number of benzene rings is 2. The third-order valence-electron chi connectivity index (χ3n) is 2.83. The molecule has 0 fully saturated rings. The Labute approximate surface area is 125 Å². The van der Waals surface area contributed by atoms with Crippen LogP contribution >= 0.6 is 11.6 Å². The van der Waals surface area contributed by atoms with Crippen LogP contribution in [0, 0.1) is 0 Å². The number of carbonyl (C=O) groups excluding carboxylic acids is 1. The lowest BCUT2D eigenvalue weighted by atomic mass is 10.1. The first kappa shape index (κ1) is 13.3. The van der Waals surface area contributed by atoms with Gasteiger partial charge in [-0.2, -0.15) is 4.68 Å². The normalized spacial score (nSPS) is 10.3. The molecule has 0 atom stereocenters. The second-order valence-corrected chi connectivity index (χ2v) is 4.67. The fourth-order valence-electron chi connectivity index (χ4n) is 1.88. The Morgan fingerprint density at radius 1 is 1.14 bits per heavy atom. The summed E-state index contributed by atoms with van der Waals surface area (Å²) in [7, 11) is 0. The Kier molecular flexibility index (Phi) is 3.61. The van der Waals surface area contributed by atoms with E-state index in [2.05, 4.69) is 20.8 Å². The number of nitrogens with zero attached hydrogens (tertiary/aromatic N) is 4. The number of rotatable bonds is 3. The molecule has 0 radical (unpaired) electrons. The monoisotopic (exact) mass is 299 g/mol. The van der Waals surface area contributed by atoms with Gasteiger partial charge in [0.2, 0.25) is 0 Å². The number of hydrogen-bond donors (Lipinski definition) is 1. The second kappa shape index (κ2) is 5.72. The largest absolute Gasteiger partial charge is 0.322 e. The lowest BCUT2D eigenvalue weighted by molar-refractivity contribution is 0.102. The SMILES string of the molecule is O=C(Nc1ccccc1)c1ccc(Cl)cc1-n1cnnn1. The summed E-state index contributed by atoms with van der Waals surface area (Å²) in [4.78, 5) is 12.4. The van der Waals surface area contributed by atoms with Gasteiger partial charge in [-0.25, -0.2) is 0 Å². The fourth-order valence-corrected chi connectivity index (χ4v) is 2.04. The van der Waals surface area contributed by atoms with Gasteiger partial charge in [-0.1, -0.05) is 29.8 Å². The Balaban J connectivity index is 1.97. The molecule has 1 heterocycles. The maximum Gasteiger partial charge on any atom is 0.257 e. The molecular weight excluding hydrogens is 290 g/mol. The van der Waals surface area contributed by atoms with Gasteiger partial charge in [-0.05, 0) is 40.8 Å². The van der Waals surface area contributed by atoms with E-state index in [-0.39, 0.29) is 5.91 Å². The molecule has 2 aromatic carbocycles. The van der Waals surface area contributed by atoms with Gasteiger partial charge < -0.3 is 5.32 Å². The van der Waals surface area contributed by atoms with E-state index in [1.54, 1.807) is 18.2 Å². The van der Waals surface area contributed by atoms with E-state index in [0.717, 1.165) is 0 Å². The van der Waals surface area contributed by atoms with Crippen molar-refractivity contribution in [3.05, 3.63) is 65.4 Å². The predicted molar refractivity (Wildman–Crippen MR) is 78.6 cm³/mol. The molecule has 0 saturated carbocycles. The number of nitrogens with one attached hydrogen (secondary N) is 1. The summed E-state index contributed by atoms with van der Waals surface area (Å²) in [5.41, 5.74) is 1.65. The van der Waals surface area contributed by atoms with Gasteiger partial charge >= 0.3 is 0 Å². The highest BCUT2D eigenvalue weighted by molar-refractivity contribution is 6.31. The number of para-hydroxylation sites is 1. The first-order valence-electron chi connectivity index (χ1n) is 6.13. The van der Waals surface area contributed by atoms with Gasteiger partial charge in [0.15, 0.2) is 0 Å².